The molecule has 2 aliphatic carbocycles. The molecule has 0 N–H and O–H groups in total. The Morgan fingerprint density at radius 3 is 2.31 bits per heavy atom. The van der Waals surface area contributed by atoms with E-state index in [1.807, 2.05) is 0 Å². The van der Waals surface area contributed by atoms with Gasteiger partial charge in [0.05, 0.1) is 11.8 Å². The molecule has 190 valence electrons. The minimum Gasteiger partial charge on any atom is -0.490 e. The van der Waals surface area contributed by atoms with Crippen LogP contribution in [0.25, 0.3) is 11.3 Å². The highest BCUT2D eigenvalue weighted by Crippen LogP contribution is 2.36. The van der Waals surface area contributed by atoms with Gasteiger partial charge in [-0.15, -0.1) is 0 Å². The second-order valence-electron chi connectivity index (χ2n) is 10.8. The van der Waals surface area contributed by atoms with Crippen molar-refractivity contribution in [3.63, 3.8) is 0 Å². The summed E-state index contributed by atoms with van der Waals surface area (Å²) in [6.07, 6.45) is 10.7. The summed E-state index contributed by atoms with van der Waals surface area (Å²) in [5.41, 5.74) is 10.5. The molecule has 3 heteroatoms. The van der Waals surface area contributed by atoms with Crippen LogP contribution in [0.3, 0.4) is 0 Å². The van der Waals surface area contributed by atoms with Gasteiger partial charge in [-0.3, -0.25) is 9.88 Å². The van der Waals surface area contributed by atoms with E-state index in [9.17, 15) is 0 Å². The van der Waals surface area contributed by atoms with Gasteiger partial charge in [0, 0.05) is 35.5 Å². The van der Waals surface area contributed by atoms with Gasteiger partial charge in [0.2, 0.25) is 0 Å². The molecule has 1 fully saturated rings. The lowest BCUT2D eigenvalue weighted by atomic mass is 9.87. The Balaban J connectivity index is 1.48. The third-order valence-corrected chi connectivity index (χ3v) is 8.49. The first-order valence-corrected chi connectivity index (χ1v) is 14.1. The number of pyridine rings is 1. The number of likely N-dealkylation sites (N-methyl/N-ethyl adjacent to an activating group) is 1. The molecule has 0 saturated heterocycles. The zero-order valence-corrected chi connectivity index (χ0v) is 22.6. The number of rotatable bonds is 8. The minimum absolute atomic E-state index is 0.331. The summed E-state index contributed by atoms with van der Waals surface area (Å²) in [4.78, 5) is 7.76. The molecule has 1 unspecified atom stereocenters. The maximum atomic E-state index is 6.77. The third kappa shape index (κ3) is 5.22. The van der Waals surface area contributed by atoms with Crippen LogP contribution >= 0.6 is 0 Å². The standard InChI is InChI=1S/C33H42N2O/c1-5-24-14-11-15-25(6-2)33(24)31-21-32(36-29-16-9-10-17-29)30(23(3)34-31)22-35(4)28-19-18-26-12-7-8-13-27(26)20-28/h7-8,11-15,21,28-29H,5-6,9-10,16-20,22H2,1-4H3. The first-order chi connectivity index (χ1) is 17.6. The maximum absolute atomic E-state index is 6.77. The highest BCUT2D eigenvalue weighted by Gasteiger charge is 2.26. The summed E-state index contributed by atoms with van der Waals surface area (Å²) >= 11 is 0. The maximum Gasteiger partial charge on any atom is 0.128 e. The van der Waals surface area contributed by atoms with Crippen molar-refractivity contribution >= 4 is 0 Å². The van der Waals surface area contributed by atoms with Gasteiger partial charge in [0.25, 0.3) is 0 Å². The Morgan fingerprint density at radius 2 is 1.61 bits per heavy atom. The van der Waals surface area contributed by atoms with E-state index in [1.54, 1.807) is 0 Å². The number of aryl methyl sites for hydroxylation is 4. The summed E-state index contributed by atoms with van der Waals surface area (Å²) in [6, 6.07) is 18.5. The van der Waals surface area contributed by atoms with Gasteiger partial charge in [-0.2, -0.15) is 0 Å². The largest absolute Gasteiger partial charge is 0.490 e. The SMILES string of the molecule is CCc1cccc(CC)c1-c1cc(OC2CCCC2)c(CN(C)C2CCc3ccccc3C2)c(C)n1. The Labute approximate surface area is 217 Å². The molecular weight excluding hydrogens is 440 g/mol. The quantitative estimate of drug-likeness (QED) is 0.332. The van der Waals surface area contributed by atoms with Crippen LogP contribution in [0.1, 0.15) is 79.5 Å². The predicted molar refractivity (Wildman–Crippen MR) is 150 cm³/mol. The van der Waals surface area contributed by atoms with Crippen LogP contribution in [0, 0.1) is 6.92 Å². The molecule has 3 aromatic rings. The first kappa shape index (κ1) is 25.0. The lowest BCUT2D eigenvalue weighted by Crippen LogP contribution is -2.36. The number of ether oxygens (including phenoxy) is 1. The fourth-order valence-corrected chi connectivity index (χ4v) is 6.29. The van der Waals surface area contributed by atoms with Crippen LogP contribution in [0.5, 0.6) is 5.75 Å². The van der Waals surface area contributed by atoms with E-state index < -0.39 is 0 Å². The zero-order valence-electron chi connectivity index (χ0n) is 22.6. The van der Waals surface area contributed by atoms with E-state index in [0.29, 0.717) is 12.1 Å². The molecule has 0 spiro atoms. The van der Waals surface area contributed by atoms with Crippen molar-refractivity contribution in [1.82, 2.24) is 9.88 Å². The minimum atomic E-state index is 0.331. The molecular formula is C33H42N2O. The second kappa shape index (κ2) is 11.2. The lowest BCUT2D eigenvalue weighted by Gasteiger charge is -2.33. The van der Waals surface area contributed by atoms with Crippen LogP contribution in [0.4, 0.5) is 0 Å². The third-order valence-electron chi connectivity index (χ3n) is 8.49. The molecule has 0 radical (unpaired) electrons. The van der Waals surface area contributed by atoms with Gasteiger partial charge in [0.1, 0.15) is 5.75 Å². The van der Waals surface area contributed by atoms with Crippen molar-refractivity contribution in [1.29, 1.82) is 0 Å². The van der Waals surface area contributed by atoms with Gasteiger partial charge in [-0.25, -0.2) is 0 Å². The smallest absolute Gasteiger partial charge is 0.128 e. The predicted octanol–water partition coefficient (Wildman–Crippen LogP) is 7.49. The Kier molecular flexibility index (Phi) is 7.76. The number of fused-ring (bicyclic) bond motifs is 1. The topological polar surface area (TPSA) is 25.4 Å². The summed E-state index contributed by atoms with van der Waals surface area (Å²) in [6.45, 7) is 7.55. The average molecular weight is 483 g/mol. The molecule has 1 saturated carbocycles. The summed E-state index contributed by atoms with van der Waals surface area (Å²) in [7, 11) is 2.28. The number of benzene rings is 2. The van der Waals surface area contributed by atoms with Crippen molar-refractivity contribution in [3.05, 3.63) is 82.0 Å². The number of nitrogens with zero attached hydrogens (tertiary/aromatic N) is 2. The molecule has 5 rings (SSSR count). The van der Waals surface area contributed by atoms with E-state index >= 15 is 0 Å². The number of hydrogen-bond donors (Lipinski definition) is 0. The van der Waals surface area contributed by atoms with Crippen molar-refractivity contribution in [2.45, 2.75) is 97.2 Å². The number of aromatic nitrogens is 1. The van der Waals surface area contributed by atoms with Gasteiger partial charge < -0.3 is 4.74 Å². The zero-order chi connectivity index (χ0) is 25.1. The van der Waals surface area contributed by atoms with Crippen LogP contribution in [0.2, 0.25) is 0 Å². The van der Waals surface area contributed by atoms with E-state index in [0.717, 1.165) is 55.8 Å². The summed E-state index contributed by atoms with van der Waals surface area (Å²) < 4.78 is 6.77. The van der Waals surface area contributed by atoms with Gasteiger partial charge in [0.15, 0.2) is 0 Å². The number of hydrogen-bond acceptors (Lipinski definition) is 3. The molecule has 0 bridgehead atoms. The molecule has 1 aromatic heterocycles. The molecule has 2 aliphatic rings. The monoisotopic (exact) mass is 482 g/mol. The van der Waals surface area contributed by atoms with Crippen molar-refractivity contribution in [2.24, 2.45) is 0 Å². The molecule has 0 amide bonds. The molecule has 1 heterocycles. The molecule has 1 atom stereocenters. The Hall–Kier alpha value is -2.65. The van der Waals surface area contributed by atoms with E-state index in [-0.39, 0.29) is 0 Å². The van der Waals surface area contributed by atoms with Crippen molar-refractivity contribution in [2.75, 3.05) is 7.05 Å². The Morgan fingerprint density at radius 1 is 0.917 bits per heavy atom. The van der Waals surface area contributed by atoms with Gasteiger partial charge in [-0.05, 0) is 94.0 Å². The van der Waals surface area contributed by atoms with Gasteiger partial charge >= 0.3 is 0 Å². The summed E-state index contributed by atoms with van der Waals surface area (Å²) in [5, 5.41) is 0. The Bertz CT molecular complexity index is 1170. The van der Waals surface area contributed by atoms with E-state index in [4.69, 9.17) is 9.72 Å². The van der Waals surface area contributed by atoms with Gasteiger partial charge in [-0.1, -0.05) is 56.3 Å². The fourth-order valence-electron chi connectivity index (χ4n) is 6.29. The molecule has 0 aliphatic heterocycles. The van der Waals surface area contributed by atoms with Crippen LogP contribution < -0.4 is 4.74 Å². The normalized spacial score (nSPS) is 18.0. The van der Waals surface area contributed by atoms with Crippen LogP contribution in [0.15, 0.2) is 48.5 Å². The van der Waals surface area contributed by atoms with E-state index in [2.05, 4.69) is 81.2 Å². The highest BCUT2D eigenvalue weighted by atomic mass is 16.5. The second-order valence-corrected chi connectivity index (χ2v) is 10.8. The fraction of sp³-hybridized carbons (Fsp3) is 0.485. The first-order valence-electron chi connectivity index (χ1n) is 14.1. The molecule has 36 heavy (non-hydrogen) atoms. The van der Waals surface area contributed by atoms with Crippen LogP contribution in [-0.2, 0) is 32.2 Å². The molecule has 3 nitrogen and oxygen atoms in total. The lowest BCUT2D eigenvalue weighted by molar-refractivity contribution is 0.190. The van der Waals surface area contributed by atoms with E-state index in [1.165, 1.54) is 59.1 Å². The summed E-state index contributed by atoms with van der Waals surface area (Å²) in [5.74, 6) is 1.06. The van der Waals surface area contributed by atoms with Crippen molar-refractivity contribution in [3.8, 4) is 17.0 Å². The average Bonchev–Trinajstić information content (AvgIpc) is 3.42. The highest BCUT2D eigenvalue weighted by molar-refractivity contribution is 5.70. The molecule has 2 aromatic carbocycles. The van der Waals surface area contributed by atoms with Crippen LogP contribution in [-0.4, -0.2) is 29.1 Å². The van der Waals surface area contributed by atoms with Crippen molar-refractivity contribution < 1.29 is 4.74 Å².